The molecule has 2 amide bonds. The van der Waals surface area contributed by atoms with Gasteiger partial charge in [0.15, 0.2) is 0 Å². The normalized spacial score (nSPS) is 19.3. The number of nitrogens with one attached hydrogen (secondary N) is 1. The van der Waals surface area contributed by atoms with Crippen LogP contribution in [-0.4, -0.2) is 58.3 Å². The summed E-state index contributed by atoms with van der Waals surface area (Å²) in [5, 5.41) is 11.9. The highest BCUT2D eigenvalue weighted by Gasteiger charge is 2.40. The standard InChI is InChI=1S/C24H26N2O5S/c1-2-22-26(20(14-32-22)23(28)29)21(27)11-12-25-24(30)31-13-19-17-9-5-3-7-15(17)16-8-4-6-10-18(16)19/h3-10,19-20,22H,2,11-14H2,1H3,(H,25,30)(H,28,29). The van der Waals surface area contributed by atoms with Gasteiger partial charge < -0.3 is 20.1 Å². The number of carboxylic acids is 1. The Bertz CT molecular complexity index is 981. The Labute approximate surface area is 191 Å². The van der Waals surface area contributed by atoms with Gasteiger partial charge in [0, 0.05) is 24.6 Å². The lowest BCUT2D eigenvalue weighted by molar-refractivity contribution is -0.149. The van der Waals surface area contributed by atoms with Gasteiger partial charge >= 0.3 is 12.1 Å². The Kier molecular flexibility index (Phi) is 6.69. The van der Waals surface area contributed by atoms with Crippen LogP contribution in [-0.2, 0) is 14.3 Å². The fourth-order valence-electron chi connectivity index (χ4n) is 4.45. The molecule has 2 N–H and O–H groups in total. The molecule has 1 saturated heterocycles. The summed E-state index contributed by atoms with van der Waals surface area (Å²) in [6, 6.07) is 15.4. The summed E-state index contributed by atoms with van der Waals surface area (Å²) < 4.78 is 5.48. The lowest BCUT2D eigenvalue weighted by Crippen LogP contribution is -2.46. The number of amides is 2. The van der Waals surface area contributed by atoms with Gasteiger partial charge in [-0.25, -0.2) is 9.59 Å². The molecular weight excluding hydrogens is 428 g/mol. The van der Waals surface area contributed by atoms with E-state index >= 15 is 0 Å². The molecule has 0 spiro atoms. The maximum atomic E-state index is 12.6. The molecular formula is C24H26N2O5S. The first-order chi connectivity index (χ1) is 15.5. The van der Waals surface area contributed by atoms with Crippen molar-refractivity contribution in [3.63, 3.8) is 0 Å². The number of benzene rings is 2. The zero-order valence-corrected chi connectivity index (χ0v) is 18.6. The molecule has 1 heterocycles. The van der Waals surface area contributed by atoms with Gasteiger partial charge in [0.2, 0.25) is 5.91 Å². The van der Waals surface area contributed by atoms with Crippen molar-refractivity contribution >= 4 is 29.7 Å². The van der Waals surface area contributed by atoms with Crippen molar-refractivity contribution in [3.8, 4) is 11.1 Å². The van der Waals surface area contributed by atoms with Gasteiger partial charge in [-0.3, -0.25) is 4.79 Å². The first kappa shape index (κ1) is 22.2. The van der Waals surface area contributed by atoms with Gasteiger partial charge in [0.05, 0.1) is 5.37 Å². The number of hydrogen-bond donors (Lipinski definition) is 2. The monoisotopic (exact) mass is 454 g/mol. The van der Waals surface area contributed by atoms with Crippen LogP contribution < -0.4 is 5.32 Å². The van der Waals surface area contributed by atoms with Crippen molar-refractivity contribution in [1.29, 1.82) is 0 Å². The molecule has 4 rings (SSSR count). The third-order valence-corrected chi connectivity index (χ3v) is 7.42. The number of carboxylic acid groups (broad SMARTS) is 1. The molecule has 2 atom stereocenters. The van der Waals surface area contributed by atoms with E-state index in [2.05, 4.69) is 29.6 Å². The maximum Gasteiger partial charge on any atom is 0.407 e. The molecule has 0 radical (unpaired) electrons. The van der Waals surface area contributed by atoms with Crippen molar-refractivity contribution in [3.05, 3.63) is 59.7 Å². The predicted molar refractivity (Wildman–Crippen MR) is 122 cm³/mol. The van der Waals surface area contributed by atoms with E-state index in [9.17, 15) is 19.5 Å². The summed E-state index contributed by atoms with van der Waals surface area (Å²) >= 11 is 1.48. The van der Waals surface area contributed by atoms with Crippen LogP contribution in [0.3, 0.4) is 0 Å². The molecule has 32 heavy (non-hydrogen) atoms. The topological polar surface area (TPSA) is 95.9 Å². The molecule has 2 aromatic rings. The Morgan fingerprint density at radius 3 is 2.31 bits per heavy atom. The Morgan fingerprint density at radius 2 is 1.72 bits per heavy atom. The minimum atomic E-state index is -0.994. The summed E-state index contributed by atoms with van der Waals surface area (Å²) in [5.41, 5.74) is 4.58. The van der Waals surface area contributed by atoms with E-state index in [1.165, 1.54) is 16.7 Å². The van der Waals surface area contributed by atoms with Crippen LogP contribution in [0.1, 0.15) is 36.8 Å². The minimum absolute atomic E-state index is 0.0296. The number of alkyl carbamates (subject to hydrolysis) is 1. The molecule has 1 fully saturated rings. The molecule has 1 aliphatic heterocycles. The Morgan fingerprint density at radius 1 is 1.09 bits per heavy atom. The van der Waals surface area contributed by atoms with Crippen LogP contribution >= 0.6 is 11.8 Å². The molecule has 168 valence electrons. The lowest BCUT2D eigenvalue weighted by atomic mass is 9.98. The fourth-order valence-corrected chi connectivity index (χ4v) is 5.82. The third kappa shape index (κ3) is 4.32. The molecule has 7 nitrogen and oxygen atoms in total. The second-order valence-corrected chi connectivity index (χ2v) is 9.06. The average Bonchev–Trinajstić information content (AvgIpc) is 3.37. The number of aliphatic carboxylic acids is 1. The quantitative estimate of drug-likeness (QED) is 0.663. The van der Waals surface area contributed by atoms with Gasteiger partial charge in [0.1, 0.15) is 12.6 Å². The zero-order valence-electron chi connectivity index (χ0n) is 17.8. The molecule has 2 aromatic carbocycles. The number of ether oxygens (including phenoxy) is 1. The van der Waals surface area contributed by atoms with E-state index in [4.69, 9.17) is 4.74 Å². The van der Waals surface area contributed by atoms with E-state index in [-0.39, 0.29) is 36.8 Å². The van der Waals surface area contributed by atoms with E-state index in [0.717, 1.165) is 22.3 Å². The summed E-state index contributed by atoms with van der Waals surface area (Å²) in [5.74, 6) is -0.906. The minimum Gasteiger partial charge on any atom is -0.480 e. The van der Waals surface area contributed by atoms with Crippen LogP contribution in [0, 0.1) is 0 Å². The van der Waals surface area contributed by atoms with E-state index < -0.39 is 18.1 Å². The number of thioether (sulfide) groups is 1. The highest BCUT2D eigenvalue weighted by molar-refractivity contribution is 8.00. The molecule has 0 aromatic heterocycles. The van der Waals surface area contributed by atoms with Gasteiger partial charge in [0.25, 0.3) is 0 Å². The molecule has 0 bridgehead atoms. The molecule has 0 saturated carbocycles. The van der Waals surface area contributed by atoms with Gasteiger partial charge in [-0.2, -0.15) is 0 Å². The molecule has 2 unspecified atom stereocenters. The smallest absolute Gasteiger partial charge is 0.407 e. The SMILES string of the molecule is CCC1SCC(C(=O)O)N1C(=O)CCNC(=O)OCC1c2ccccc2-c2ccccc21. The fraction of sp³-hybridized carbons (Fsp3) is 0.375. The lowest BCUT2D eigenvalue weighted by Gasteiger charge is -2.26. The first-order valence-corrected chi connectivity index (χ1v) is 11.8. The number of carbonyl (C=O) groups is 3. The Balaban J connectivity index is 1.30. The van der Waals surface area contributed by atoms with Crippen LogP contribution in [0.5, 0.6) is 0 Å². The summed E-state index contributed by atoms with van der Waals surface area (Å²) in [7, 11) is 0. The van der Waals surface area contributed by atoms with E-state index in [1.54, 1.807) is 0 Å². The second-order valence-electron chi connectivity index (χ2n) is 7.85. The van der Waals surface area contributed by atoms with Crippen molar-refractivity contribution in [2.24, 2.45) is 0 Å². The van der Waals surface area contributed by atoms with Crippen molar-refractivity contribution in [1.82, 2.24) is 10.2 Å². The molecule has 2 aliphatic rings. The van der Waals surface area contributed by atoms with Crippen molar-refractivity contribution in [2.45, 2.75) is 37.1 Å². The summed E-state index contributed by atoms with van der Waals surface area (Å²) in [6.07, 6.45) is 0.127. The highest BCUT2D eigenvalue weighted by atomic mass is 32.2. The van der Waals surface area contributed by atoms with Crippen LogP contribution in [0.4, 0.5) is 4.79 Å². The first-order valence-electron chi connectivity index (χ1n) is 10.8. The van der Waals surface area contributed by atoms with E-state index in [0.29, 0.717) is 12.2 Å². The highest BCUT2D eigenvalue weighted by Crippen LogP contribution is 2.44. The number of nitrogens with zero attached hydrogens (tertiary/aromatic N) is 1. The predicted octanol–water partition coefficient (Wildman–Crippen LogP) is 3.68. The van der Waals surface area contributed by atoms with Crippen LogP contribution in [0.25, 0.3) is 11.1 Å². The van der Waals surface area contributed by atoms with Gasteiger partial charge in [-0.1, -0.05) is 55.5 Å². The summed E-state index contributed by atoms with van der Waals surface area (Å²) in [4.78, 5) is 37.8. The molecule has 1 aliphatic carbocycles. The van der Waals surface area contributed by atoms with Gasteiger partial charge in [-0.05, 0) is 28.7 Å². The zero-order chi connectivity index (χ0) is 22.7. The largest absolute Gasteiger partial charge is 0.480 e. The number of carbonyl (C=O) groups excluding carboxylic acids is 2. The molecule has 8 heteroatoms. The van der Waals surface area contributed by atoms with Crippen LogP contribution in [0.2, 0.25) is 0 Å². The van der Waals surface area contributed by atoms with Crippen molar-refractivity contribution in [2.75, 3.05) is 18.9 Å². The van der Waals surface area contributed by atoms with Gasteiger partial charge in [-0.15, -0.1) is 11.8 Å². The van der Waals surface area contributed by atoms with E-state index in [1.807, 2.05) is 31.2 Å². The van der Waals surface area contributed by atoms with Crippen molar-refractivity contribution < 1.29 is 24.2 Å². The number of fused-ring (bicyclic) bond motifs is 3. The summed E-state index contributed by atoms with van der Waals surface area (Å²) in [6.45, 7) is 2.23. The second kappa shape index (κ2) is 9.65. The average molecular weight is 455 g/mol. The number of hydrogen-bond acceptors (Lipinski definition) is 5. The number of rotatable bonds is 7. The Hall–Kier alpha value is -3.00. The van der Waals surface area contributed by atoms with Crippen LogP contribution in [0.15, 0.2) is 48.5 Å². The third-order valence-electron chi connectivity index (χ3n) is 5.97. The maximum absolute atomic E-state index is 12.6.